The van der Waals surface area contributed by atoms with E-state index in [4.69, 9.17) is 9.47 Å². The average Bonchev–Trinajstić information content (AvgIpc) is 3.17. The molecule has 168 valence electrons. The van der Waals surface area contributed by atoms with E-state index < -0.39 is 18.3 Å². The smallest absolute Gasteiger partial charge is 0.174 e. The Morgan fingerprint density at radius 1 is 1.25 bits per heavy atom. The van der Waals surface area contributed by atoms with E-state index in [0.29, 0.717) is 24.1 Å². The third-order valence-corrected chi connectivity index (χ3v) is 8.51. The molecule has 2 bridgehead atoms. The molecular formula is C27H31NO4. The molecule has 4 aliphatic rings. The number of ketones is 1. The van der Waals surface area contributed by atoms with Crippen LogP contribution in [0.3, 0.4) is 0 Å². The van der Waals surface area contributed by atoms with Crippen LogP contribution in [0.15, 0.2) is 42.5 Å². The maximum absolute atomic E-state index is 13.1. The van der Waals surface area contributed by atoms with Gasteiger partial charge in [-0.05, 0) is 62.4 Å². The second-order valence-corrected chi connectivity index (χ2v) is 9.91. The molecule has 2 aromatic carbocycles. The van der Waals surface area contributed by atoms with Crippen molar-refractivity contribution in [2.45, 2.75) is 69.3 Å². The van der Waals surface area contributed by atoms with Gasteiger partial charge in [-0.1, -0.05) is 43.3 Å². The van der Waals surface area contributed by atoms with Crippen LogP contribution < -0.4 is 9.47 Å². The molecule has 2 heterocycles. The minimum atomic E-state index is -0.743. The number of carbonyl (C=O) groups excluding carboxylic acids is 1. The molecule has 6 rings (SSSR count). The summed E-state index contributed by atoms with van der Waals surface area (Å²) < 4.78 is 12.8. The molecule has 2 aliphatic carbocycles. The lowest BCUT2D eigenvalue weighted by Gasteiger charge is -2.57. The number of likely N-dealkylation sites (tertiary alicyclic amines) is 1. The zero-order valence-corrected chi connectivity index (χ0v) is 18.8. The van der Waals surface area contributed by atoms with Crippen LogP contribution in [0.25, 0.3) is 0 Å². The minimum Gasteiger partial charge on any atom is -0.484 e. The molecule has 1 N–H and O–H groups in total. The molecule has 2 aliphatic heterocycles. The quantitative estimate of drug-likeness (QED) is 0.777. The van der Waals surface area contributed by atoms with Crippen molar-refractivity contribution >= 4 is 5.78 Å². The summed E-state index contributed by atoms with van der Waals surface area (Å²) in [7, 11) is 0. The van der Waals surface area contributed by atoms with Crippen LogP contribution in [0, 0.1) is 5.92 Å². The standard InChI is InChI=1S/C27H31NO4/c1-3-28-14-13-27-19-10-11-21(29)26(27)32-25-22(12-9-18(23(25)27)15-20(19)28)31-16(2)24(30)17-7-5-4-6-8-17/h4-9,12,16,19-20,24,26,30H,3,10-11,13-15H2,1-2H3/t16?,19-,20+,24?,26?,27-/m0/s1. The Balaban J connectivity index is 1.40. The fraction of sp³-hybridized carbons (Fsp3) is 0.519. The van der Waals surface area contributed by atoms with E-state index >= 15 is 0 Å². The second kappa shape index (κ2) is 7.32. The number of rotatable bonds is 5. The van der Waals surface area contributed by atoms with Crippen molar-refractivity contribution in [2.75, 3.05) is 13.1 Å². The van der Waals surface area contributed by atoms with Crippen LogP contribution in [0.1, 0.15) is 55.9 Å². The Kier molecular flexibility index (Phi) is 4.63. The summed E-state index contributed by atoms with van der Waals surface area (Å²) in [6.07, 6.45) is 1.95. The van der Waals surface area contributed by atoms with Crippen LogP contribution in [0.5, 0.6) is 11.5 Å². The van der Waals surface area contributed by atoms with Gasteiger partial charge >= 0.3 is 0 Å². The normalized spacial score (nSPS) is 32.1. The van der Waals surface area contributed by atoms with E-state index in [1.807, 2.05) is 43.3 Å². The highest BCUT2D eigenvalue weighted by molar-refractivity contribution is 5.89. The third kappa shape index (κ3) is 2.67. The summed E-state index contributed by atoms with van der Waals surface area (Å²) in [4.78, 5) is 15.7. The first-order valence-electron chi connectivity index (χ1n) is 12.0. The van der Waals surface area contributed by atoms with E-state index in [1.165, 1.54) is 11.1 Å². The van der Waals surface area contributed by atoms with Crippen LogP contribution in [0.2, 0.25) is 0 Å². The summed E-state index contributed by atoms with van der Waals surface area (Å²) in [6.45, 7) is 6.19. The first-order chi connectivity index (χ1) is 15.5. The summed E-state index contributed by atoms with van der Waals surface area (Å²) in [5, 5.41) is 10.8. The van der Waals surface area contributed by atoms with Gasteiger partial charge in [-0.2, -0.15) is 0 Å². The summed E-state index contributed by atoms with van der Waals surface area (Å²) in [5.41, 5.74) is 3.15. The van der Waals surface area contributed by atoms with Gasteiger partial charge in [-0.15, -0.1) is 0 Å². The van der Waals surface area contributed by atoms with Gasteiger partial charge in [-0.3, -0.25) is 9.69 Å². The van der Waals surface area contributed by atoms with E-state index in [9.17, 15) is 9.90 Å². The maximum atomic E-state index is 13.1. The molecule has 32 heavy (non-hydrogen) atoms. The number of aliphatic hydroxyl groups excluding tert-OH is 1. The number of aliphatic hydroxyl groups is 1. The molecule has 1 spiro atoms. The molecule has 0 radical (unpaired) electrons. The highest BCUT2D eigenvalue weighted by Crippen LogP contribution is 2.63. The van der Waals surface area contributed by atoms with Crippen LogP contribution >= 0.6 is 0 Å². The van der Waals surface area contributed by atoms with Gasteiger partial charge in [0.15, 0.2) is 23.4 Å². The predicted molar refractivity (Wildman–Crippen MR) is 121 cm³/mol. The van der Waals surface area contributed by atoms with Crippen molar-refractivity contribution in [3.63, 3.8) is 0 Å². The number of hydrogen-bond acceptors (Lipinski definition) is 5. The summed E-state index contributed by atoms with van der Waals surface area (Å²) in [5.74, 6) is 2.09. The topological polar surface area (TPSA) is 59.0 Å². The van der Waals surface area contributed by atoms with Gasteiger partial charge in [0.25, 0.3) is 0 Å². The van der Waals surface area contributed by atoms with Crippen molar-refractivity contribution in [1.29, 1.82) is 0 Å². The zero-order chi connectivity index (χ0) is 22.0. The largest absolute Gasteiger partial charge is 0.484 e. The third-order valence-electron chi connectivity index (χ3n) is 8.51. The van der Waals surface area contributed by atoms with Crippen molar-refractivity contribution in [1.82, 2.24) is 4.90 Å². The molecule has 5 heteroatoms. The molecule has 6 atom stereocenters. The fourth-order valence-corrected chi connectivity index (χ4v) is 7.07. The first-order valence-corrected chi connectivity index (χ1v) is 12.0. The molecule has 5 nitrogen and oxygen atoms in total. The van der Waals surface area contributed by atoms with Gasteiger partial charge in [0.2, 0.25) is 0 Å². The van der Waals surface area contributed by atoms with Crippen molar-refractivity contribution in [3.8, 4) is 11.5 Å². The lowest BCUT2D eigenvalue weighted by molar-refractivity contribution is -0.138. The van der Waals surface area contributed by atoms with Gasteiger partial charge in [0.1, 0.15) is 12.2 Å². The Hall–Kier alpha value is -2.37. The molecule has 2 fully saturated rings. The molecular weight excluding hydrogens is 402 g/mol. The highest BCUT2D eigenvalue weighted by atomic mass is 16.5. The number of hydrogen-bond donors (Lipinski definition) is 1. The second-order valence-electron chi connectivity index (χ2n) is 9.91. The fourth-order valence-electron chi connectivity index (χ4n) is 7.07. The number of piperidine rings is 1. The van der Waals surface area contributed by atoms with Gasteiger partial charge in [-0.25, -0.2) is 0 Å². The Morgan fingerprint density at radius 3 is 2.84 bits per heavy atom. The lowest BCUT2D eigenvalue weighted by atomic mass is 9.51. The molecule has 2 aromatic rings. The van der Waals surface area contributed by atoms with Crippen molar-refractivity contribution < 1.29 is 19.4 Å². The maximum Gasteiger partial charge on any atom is 0.174 e. The number of likely N-dealkylation sites (N-methyl/N-ethyl adjacent to an activating group) is 1. The zero-order valence-electron chi connectivity index (χ0n) is 18.8. The van der Waals surface area contributed by atoms with Crippen LogP contribution in [0.4, 0.5) is 0 Å². The van der Waals surface area contributed by atoms with E-state index in [-0.39, 0.29) is 11.2 Å². The number of Topliss-reactive ketones (excluding diaryl/α,β-unsaturated/α-hetero) is 1. The average molecular weight is 434 g/mol. The van der Waals surface area contributed by atoms with Gasteiger partial charge in [0.05, 0.1) is 0 Å². The summed E-state index contributed by atoms with van der Waals surface area (Å²) >= 11 is 0. The van der Waals surface area contributed by atoms with E-state index in [2.05, 4.69) is 17.9 Å². The molecule has 0 aromatic heterocycles. The Morgan fingerprint density at radius 2 is 2.06 bits per heavy atom. The van der Waals surface area contributed by atoms with Crippen molar-refractivity contribution in [3.05, 3.63) is 59.2 Å². The molecule has 3 unspecified atom stereocenters. The van der Waals surface area contributed by atoms with E-state index in [1.54, 1.807) is 0 Å². The SMILES string of the molecule is CCN1CC[C@]23c4c5ccc(OC(C)C(O)c6ccccc6)c4OC2C(=O)CC[C@H]3[C@H]1C5. The van der Waals surface area contributed by atoms with Crippen LogP contribution in [-0.2, 0) is 16.6 Å². The Bertz CT molecular complexity index is 1050. The number of nitrogens with zero attached hydrogens (tertiary/aromatic N) is 1. The minimum absolute atomic E-state index is 0.213. The number of benzene rings is 2. The highest BCUT2D eigenvalue weighted by Gasteiger charge is 2.65. The van der Waals surface area contributed by atoms with E-state index in [0.717, 1.165) is 43.7 Å². The predicted octanol–water partition coefficient (Wildman–Crippen LogP) is 3.82. The Labute approximate surface area is 189 Å². The van der Waals surface area contributed by atoms with Gasteiger partial charge in [0, 0.05) is 23.4 Å². The molecule has 1 saturated heterocycles. The molecule has 0 amide bonds. The lowest BCUT2D eigenvalue weighted by Crippen LogP contribution is -2.66. The monoisotopic (exact) mass is 433 g/mol. The number of carbonyl (C=O) groups is 1. The molecule has 1 saturated carbocycles. The van der Waals surface area contributed by atoms with Crippen molar-refractivity contribution in [2.24, 2.45) is 5.92 Å². The van der Waals surface area contributed by atoms with Crippen LogP contribution in [-0.4, -0.2) is 47.1 Å². The number of ether oxygens (including phenoxy) is 2. The van der Waals surface area contributed by atoms with Gasteiger partial charge < -0.3 is 14.6 Å². The first kappa shape index (κ1) is 20.3. The summed E-state index contributed by atoms with van der Waals surface area (Å²) in [6, 6.07) is 14.2.